The second-order valence-corrected chi connectivity index (χ2v) is 5.38. The zero-order valence-electron chi connectivity index (χ0n) is 9.40. The summed E-state index contributed by atoms with van der Waals surface area (Å²) in [6.45, 7) is 0.775. The fourth-order valence-corrected chi connectivity index (χ4v) is 2.63. The summed E-state index contributed by atoms with van der Waals surface area (Å²) in [5.41, 5.74) is 1.18. The summed E-state index contributed by atoms with van der Waals surface area (Å²) in [6.07, 6.45) is 2.01. The maximum Gasteiger partial charge on any atom is 0.237 e. The predicted octanol–water partition coefficient (Wildman–Crippen LogP) is 2.87. The number of amides is 1. The van der Waals surface area contributed by atoms with Crippen molar-refractivity contribution >= 4 is 28.5 Å². The molecule has 88 valence electrons. The number of nitrogens with zero attached hydrogens (tertiary/aromatic N) is 2. The lowest BCUT2D eigenvalue weighted by molar-refractivity contribution is -0.131. The molecule has 0 bridgehead atoms. The van der Waals surface area contributed by atoms with Gasteiger partial charge in [0.15, 0.2) is 0 Å². The van der Waals surface area contributed by atoms with E-state index in [-0.39, 0.29) is 18.4 Å². The lowest BCUT2D eigenvalue weighted by Gasteiger charge is -2.24. The standard InChI is InChI=1S/C13H13IN2O/c14-11-5-3-10(4-6-11)12-2-1-9-16(12)13(17)7-8-15/h3-6,12H,1-2,7,9H2/t12-/m1/s1. The number of nitriles is 1. The maximum absolute atomic E-state index is 11.8. The summed E-state index contributed by atoms with van der Waals surface area (Å²) in [6, 6.07) is 10.4. The van der Waals surface area contributed by atoms with Crippen LogP contribution >= 0.6 is 22.6 Å². The van der Waals surface area contributed by atoms with Gasteiger partial charge in [0.05, 0.1) is 12.1 Å². The Morgan fingerprint density at radius 2 is 2.18 bits per heavy atom. The van der Waals surface area contributed by atoms with Gasteiger partial charge in [-0.1, -0.05) is 12.1 Å². The second-order valence-electron chi connectivity index (χ2n) is 4.13. The third-order valence-corrected chi connectivity index (χ3v) is 3.78. The van der Waals surface area contributed by atoms with Gasteiger partial charge in [-0.15, -0.1) is 0 Å². The number of rotatable bonds is 2. The molecule has 3 nitrogen and oxygen atoms in total. The van der Waals surface area contributed by atoms with Crippen LogP contribution in [0.4, 0.5) is 0 Å². The first-order valence-corrected chi connectivity index (χ1v) is 6.72. The first-order chi connectivity index (χ1) is 8.22. The van der Waals surface area contributed by atoms with Gasteiger partial charge in [-0.3, -0.25) is 4.79 Å². The van der Waals surface area contributed by atoms with Crippen molar-refractivity contribution in [1.29, 1.82) is 5.26 Å². The van der Waals surface area contributed by atoms with Crippen molar-refractivity contribution in [2.24, 2.45) is 0 Å². The van der Waals surface area contributed by atoms with E-state index in [1.165, 1.54) is 9.13 Å². The molecule has 17 heavy (non-hydrogen) atoms. The minimum atomic E-state index is -0.0476. The third kappa shape index (κ3) is 2.78. The van der Waals surface area contributed by atoms with Crippen molar-refractivity contribution in [1.82, 2.24) is 4.90 Å². The summed E-state index contributed by atoms with van der Waals surface area (Å²) < 4.78 is 1.19. The molecular weight excluding hydrogens is 327 g/mol. The molecule has 0 aliphatic carbocycles. The Labute approximate surface area is 115 Å². The fraction of sp³-hybridized carbons (Fsp3) is 0.385. The van der Waals surface area contributed by atoms with E-state index in [1.54, 1.807) is 0 Å². The van der Waals surface area contributed by atoms with Crippen LogP contribution in [0.5, 0.6) is 0 Å². The topological polar surface area (TPSA) is 44.1 Å². The van der Waals surface area contributed by atoms with E-state index in [9.17, 15) is 4.79 Å². The monoisotopic (exact) mass is 340 g/mol. The first-order valence-electron chi connectivity index (χ1n) is 5.64. The molecule has 1 fully saturated rings. The summed E-state index contributed by atoms with van der Waals surface area (Å²) in [5.74, 6) is -0.0476. The molecule has 1 aromatic rings. The van der Waals surface area contributed by atoms with Gasteiger partial charge in [-0.2, -0.15) is 5.26 Å². The zero-order valence-corrected chi connectivity index (χ0v) is 11.6. The number of carbonyl (C=O) groups is 1. The molecule has 0 spiro atoms. The van der Waals surface area contributed by atoms with E-state index in [4.69, 9.17) is 5.26 Å². The van der Waals surface area contributed by atoms with Gasteiger partial charge in [-0.05, 0) is 53.1 Å². The normalized spacial score (nSPS) is 19.1. The van der Waals surface area contributed by atoms with Gasteiger partial charge in [0.25, 0.3) is 0 Å². The number of hydrogen-bond donors (Lipinski definition) is 0. The van der Waals surface area contributed by atoms with E-state index in [0.29, 0.717) is 0 Å². The molecule has 0 unspecified atom stereocenters. The molecule has 0 radical (unpaired) electrons. The van der Waals surface area contributed by atoms with Crippen molar-refractivity contribution in [2.75, 3.05) is 6.54 Å². The van der Waals surface area contributed by atoms with Gasteiger partial charge in [0.1, 0.15) is 6.42 Å². The molecule has 1 atom stereocenters. The Hall–Kier alpha value is -1.09. The van der Waals surface area contributed by atoms with Crippen LogP contribution in [0.25, 0.3) is 0 Å². The number of benzene rings is 1. The average molecular weight is 340 g/mol. The fourth-order valence-electron chi connectivity index (χ4n) is 2.27. The van der Waals surface area contributed by atoms with Crippen LogP contribution in [0, 0.1) is 14.9 Å². The van der Waals surface area contributed by atoms with Crippen LogP contribution in [0.1, 0.15) is 30.9 Å². The molecule has 2 rings (SSSR count). The average Bonchev–Trinajstić information content (AvgIpc) is 2.79. The highest BCUT2D eigenvalue weighted by Gasteiger charge is 2.29. The molecule has 1 saturated heterocycles. The van der Waals surface area contributed by atoms with E-state index >= 15 is 0 Å². The number of halogens is 1. The van der Waals surface area contributed by atoms with Gasteiger partial charge >= 0.3 is 0 Å². The number of likely N-dealkylation sites (tertiary alicyclic amines) is 1. The molecule has 1 heterocycles. The van der Waals surface area contributed by atoms with Crippen LogP contribution in [-0.4, -0.2) is 17.4 Å². The number of carbonyl (C=O) groups excluding carboxylic acids is 1. The predicted molar refractivity (Wildman–Crippen MR) is 73.1 cm³/mol. The first kappa shape index (κ1) is 12.4. The van der Waals surface area contributed by atoms with Crippen molar-refractivity contribution in [3.63, 3.8) is 0 Å². The van der Waals surface area contributed by atoms with Crippen molar-refractivity contribution in [3.05, 3.63) is 33.4 Å². The van der Waals surface area contributed by atoms with Gasteiger partial charge in [0.2, 0.25) is 5.91 Å². The number of hydrogen-bond acceptors (Lipinski definition) is 2. The largest absolute Gasteiger partial charge is 0.335 e. The zero-order chi connectivity index (χ0) is 12.3. The van der Waals surface area contributed by atoms with Gasteiger partial charge in [-0.25, -0.2) is 0 Å². The Morgan fingerprint density at radius 1 is 1.47 bits per heavy atom. The Balaban J connectivity index is 2.17. The highest BCUT2D eigenvalue weighted by molar-refractivity contribution is 14.1. The molecule has 1 aliphatic heterocycles. The van der Waals surface area contributed by atoms with E-state index in [2.05, 4.69) is 46.9 Å². The van der Waals surface area contributed by atoms with Crippen LogP contribution in [0.15, 0.2) is 24.3 Å². The van der Waals surface area contributed by atoms with Crippen LogP contribution in [-0.2, 0) is 4.79 Å². The lowest BCUT2D eigenvalue weighted by atomic mass is 10.0. The molecule has 0 N–H and O–H groups in total. The summed E-state index contributed by atoms with van der Waals surface area (Å²) in [4.78, 5) is 13.6. The van der Waals surface area contributed by atoms with Crippen molar-refractivity contribution < 1.29 is 4.79 Å². The summed E-state index contributed by atoms with van der Waals surface area (Å²) >= 11 is 2.27. The molecule has 1 amide bonds. The van der Waals surface area contributed by atoms with Gasteiger partial charge in [0, 0.05) is 10.1 Å². The van der Waals surface area contributed by atoms with Gasteiger partial charge < -0.3 is 4.90 Å². The minimum Gasteiger partial charge on any atom is -0.335 e. The van der Waals surface area contributed by atoms with Crippen LogP contribution in [0.2, 0.25) is 0 Å². The van der Waals surface area contributed by atoms with Crippen molar-refractivity contribution in [3.8, 4) is 6.07 Å². The molecule has 1 aromatic carbocycles. The van der Waals surface area contributed by atoms with Crippen LogP contribution < -0.4 is 0 Å². The van der Waals surface area contributed by atoms with Crippen molar-refractivity contribution in [2.45, 2.75) is 25.3 Å². The Morgan fingerprint density at radius 3 is 2.82 bits per heavy atom. The smallest absolute Gasteiger partial charge is 0.237 e. The van der Waals surface area contributed by atoms with E-state index < -0.39 is 0 Å². The maximum atomic E-state index is 11.8. The Kier molecular flexibility index (Phi) is 4.00. The molecule has 0 aromatic heterocycles. The second kappa shape index (κ2) is 5.50. The molecule has 0 saturated carbocycles. The minimum absolute atomic E-state index is 0.0130. The van der Waals surface area contributed by atoms with E-state index in [0.717, 1.165) is 19.4 Å². The third-order valence-electron chi connectivity index (χ3n) is 3.06. The quantitative estimate of drug-likeness (QED) is 0.777. The molecule has 1 aliphatic rings. The molecular formula is C13H13IN2O. The highest BCUT2D eigenvalue weighted by Crippen LogP contribution is 2.32. The van der Waals surface area contributed by atoms with E-state index in [1.807, 2.05) is 11.0 Å². The van der Waals surface area contributed by atoms with Crippen LogP contribution in [0.3, 0.4) is 0 Å². The Bertz CT molecular complexity index is 449. The summed E-state index contributed by atoms with van der Waals surface area (Å²) in [7, 11) is 0. The summed E-state index contributed by atoms with van der Waals surface area (Å²) in [5, 5.41) is 8.59. The lowest BCUT2D eigenvalue weighted by Crippen LogP contribution is -2.29. The highest BCUT2D eigenvalue weighted by atomic mass is 127. The molecule has 4 heteroatoms. The SMILES string of the molecule is N#CCC(=O)N1CCC[C@@H]1c1ccc(I)cc1.